The summed E-state index contributed by atoms with van der Waals surface area (Å²) in [6.07, 6.45) is 17.2. The largest absolute Gasteiger partial charge is 0.307 e. The molecule has 3 aromatic carbocycles. The van der Waals surface area contributed by atoms with Gasteiger partial charge in [0.15, 0.2) is 0 Å². The van der Waals surface area contributed by atoms with Crippen molar-refractivity contribution >= 4 is 17.1 Å². The zero-order valence-electron chi connectivity index (χ0n) is 13.6. The average molecular weight is 317 g/mol. The van der Waals surface area contributed by atoms with Gasteiger partial charge in [-0.25, -0.2) is 0 Å². The van der Waals surface area contributed by atoms with Gasteiger partial charge in [0.25, 0.3) is 0 Å². The molecule has 3 rings (SSSR count). The molecule has 0 fully saturated rings. The Bertz CT molecular complexity index is 902. The van der Waals surface area contributed by atoms with E-state index in [0.717, 1.165) is 33.8 Å². The highest BCUT2D eigenvalue weighted by Gasteiger charge is 2.19. The number of hydrogen-bond donors (Lipinski definition) is 0. The topological polar surface area (TPSA) is 3.24 Å². The van der Waals surface area contributed by atoms with E-state index in [1.807, 2.05) is 77.7 Å². The maximum atomic E-state index is 5.73. The Balaban J connectivity index is 2.36. The molecule has 0 atom stereocenters. The quantitative estimate of drug-likeness (QED) is 0.607. The van der Waals surface area contributed by atoms with E-state index in [2.05, 4.69) is 17.8 Å². The van der Waals surface area contributed by atoms with Gasteiger partial charge in [-0.15, -0.1) is 19.3 Å². The van der Waals surface area contributed by atoms with Gasteiger partial charge >= 0.3 is 0 Å². The summed E-state index contributed by atoms with van der Waals surface area (Å²) >= 11 is 0. The predicted molar refractivity (Wildman–Crippen MR) is 105 cm³/mol. The van der Waals surface area contributed by atoms with Gasteiger partial charge in [0, 0.05) is 16.7 Å². The third-order valence-electron chi connectivity index (χ3n) is 3.90. The van der Waals surface area contributed by atoms with Crippen LogP contribution in [0.1, 0.15) is 16.7 Å². The molecule has 0 radical (unpaired) electrons. The SMILES string of the molecule is C#Cc1ccccc1N(c1ccccc1C#C)c1ccccc1C#C. The Morgan fingerprint density at radius 3 is 1.04 bits per heavy atom. The van der Waals surface area contributed by atoms with Gasteiger partial charge < -0.3 is 4.90 Å². The maximum Gasteiger partial charge on any atom is 0.0619 e. The maximum absolute atomic E-state index is 5.73. The Hall–Kier alpha value is -3.86. The van der Waals surface area contributed by atoms with Crippen LogP contribution in [-0.4, -0.2) is 0 Å². The monoisotopic (exact) mass is 317 g/mol. The molecule has 116 valence electrons. The van der Waals surface area contributed by atoms with E-state index in [-0.39, 0.29) is 0 Å². The molecule has 0 aromatic heterocycles. The molecule has 1 heteroatoms. The van der Waals surface area contributed by atoms with Crippen LogP contribution in [0.2, 0.25) is 0 Å². The third kappa shape index (κ3) is 2.98. The molecule has 0 saturated heterocycles. The normalized spacial score (nSPS) is 9.48. The highest BCUT2D eigenvalue weighted by Crippen LogP contribution is 2.39. The Kier molecular flexibility index (Phi) is 4.58. The summed E-state index contributed by atoms with van der Waals surface area (Å²) in [6.45, 7) is 0. The van der Waals surface area contributed by atoms with E-state index in [1.54, 1.807) is 0 Å². The molecule has 0 unspecified atom stereocenters. The third-order valence-corrected chi connectivity index (χ3v) is 3.90. The molecule has 0 spiro atoms. The van der Waals surface area contributed by atoms with E-state index < -0.39 is 0 Å². The standard InChI is InChI=1S/C24H15N/c1-4-19-13-7-10-16-22(19)25(23-17-11-8-14-20(23)5-2)24-18-12-9-15-21(24)6-3/h1-3,7-18H. The molecular formula is C24H15N. The molecule has 0 heterocycles. The average Bonchev–Trinajstić information content (AvgIpc) is 2.69. The van der Waals surface area contributed by atoms with Gasteiger partial charge in [-0.3, -0.25) is 0 Å². The van der Waals surface area contributed by atoms with Crippen LogP contribution in [-0.2, 0) is 0 Å². The fourth-order valence-corrected chi connectivity index (χ4v) is 2.76. The summed E-state index contributed by atoms with van der Waals surface area (Å²) in [4.78, 5) is 2.03. The van der Waals surface area contributed by atoms with Crippen LogP contribution in [0.15, 0.2) is 72.8 Å². The second-order valence-electron chi connectivity index (χ2n) is 5.32. The lowest BCUT2D eigenvalue weighted by Crippen LogP contribution is -2.14. The van der Waals surface area contributed by atoms with Gasteiger partial charge in [-0.05, 0) is 36.4 Å². The first-order chi connectivity index (χ1) is 12.3. The van der Waals surface area contributed by atoms with Gasteiger partial charge in [0.05, 0.1) is 17.1 Å². The van der Waals surface area contributed by atoms with Crippen LogP contribution in [0.4, 0.5) is 17.1 Å². The van der Waals surface area contributed by atoms with Gasteiger partial charge in [-0.2, -0.15) is 0 Å². The number of nitrogens with zero attached hydrogens (tertiary/aromatic N) is 1. The Morgan fingerprint density at radius 1 is 0.480 bits per heavy atom. The van der Waals surface area contributed by atoms with Crippen LogP contribution in [0.25, 0.3) is 0 Å². The molecule has 0 saturated carbocycles. The molecule has 0 aliphatic rings. The fraction of sp³-hybridized carbons (Fsp3) is 0. The van der Waals surface area contributed by atoms with E-state index >= 15 is 0 Å². The van der Waals surface area contributed by atoms with Crippen molar-refractivity contribution in [3.8, 4) is 37.0 Å². The first-order valence-corrected chi connectivity index (χ1v) is 7.77. The van der Waals surface area contributed by atoms with E-state index in [4.69, 9.17) is 19.3 Å². The second-order valence-corrected chi connectivity index (χ2v) is 5.32. The summed E-state index contributed by atoms with van der Waals surface area (Å²) < 4.78 is 0. The van der Waals surface area contributed by atoms with Crippen molar-refractivity contribution < 1.29 is 0 Å². The zero-order valence-corrected chi connectivity index (χ0v) is 13.6. The zero-order chi connectivity index (χ0) is 17.6. The lowest BCUT2D eigenvalue weighted by Gasteiger charge is -2.28. The molecule has 0 bridgehead atoms. The van der Waals surface area contributed by atoms with Crippen molar-refractivity contribution in [1.29, 1.82) is 0 Å². The predicted octanol–water partition coefficient (Wildman–Crippen LogP) is 5.10. The summed E-state index contributed by atoms with van der Waals surface area (Å²) in [5.41, 5.74) is 4.87. The van der Waals surface area contributed by atoms with Gasteiger partial charge in [0.1, 0.15) is 0 Å². The number of benzene rings is 3. The second kappa shape index (κ2) is 7.14. The minimum absolute atomic E-state index is 0.765. The molecule has 0 amide bonds. The van der Waals surface area contributed by atoms with Crippen LogP contribution < -0.4 is 4.90 Å². The summed E-state index contributed by atoms with van der Waals surface area (Å²) in [6, 6.07) is 23.2. The Morgan fingerprint density at radius 2 is 0.760 bits per heavy atom. The molecule has 0 aliphatic heterocycles. The molecule has 25 heavy (non-hydrogen) atoms. The summed E-state index contributed by atoms with van der Waals surface area (Å²) in [5, 5.41) is 0. The minimum atomic E-state index is 0.765. The lowest BCUT2D eigenvalue weighted by atomic mass is 10.0. The van der Waals surface area contributed by atoms with Crippen molar-refractivity contribution in [3.05, 3.63) is 89.5 Å². The van der Waals surface area contributed by atoms with Crippen molar-refractivity contribution in [3.63, 3.8) is 0 Å². The molecule has 1 nitrogen and oxygen atoms in total. The number of para-hydroxylation sites is 3. The number of terminal acetylenes is 3. The van der Waals surface area contributed by atoms with Crippen molar-refractivity contribution in [1.82, 2.24) is 0 Å². The van der Waals surface area contributed by atoms with Crippen LogP contribution in [0, 0.1) is 37.0 Å². The van der Waals surface area contributed by atoms with E-state index in [9.17, 15) is 0 Å². The first kappa shape index (κ1) is 16.0. The van der Waals surface area contributed by atoms with Crippen molar-refractivity contribution in [2.75, 3.05) is 4.90 Å². The minimum Gasteiger partial charge on any atom is -0.307 e. The summed E-state index contributed by atoms with van der Waals surface area (Å²) in [5.74, 6) is 8.24. The summed E-state index contributed by atoms with van der Waals surface area (Å²) in [7, 11) is 0. The fourth-order valence-electron chi connectivity index (χ4n) is 2.76. The highest BCUT2D eigenvalue weighted by molar-refractivity contribution is 5.85. The van der Waals surface area contributed by atoms with Crippen LogP contribution in [0.5, 0.6) is 0 Å². The van der Waals surface area contributed by atoms with Gasteiger partial charge in [-0.1, -0.05) is 54.2 Å². The smallest absolute Gasteiger partial charge is 0.0619 e. The van der Waals surface area contributed by atoms with E-state index in [1.165, 1.54) is 0 Å². The molecule has 3 aromatic rings. The first-order valence-electron chi connectivity index (χ1n) is 7.77. The Labute approximate surface area is 148 Å². The lowest BCUT2D eigenvalue weighted by molar-refractivity contribution is 1.26. The van der Waals surface area contributed by atoms with Gasteiger partial charge in [0.2, 0.25) is 0 Å². The highest BCUT2D eigenvalue weighted by atomic mass is 15.1. The van der Waals surface area contributed by atoms with E-state index in [0.29, 0.717) is 0 Å². The van der Waals surface area contributed by atoms with Crippen molar-refractivity contribution in [2.24, 2.45) is 0 Å². The molecule has 0 N–H and O–H groups in total. The van der Waals surface area contributed by atoms with Crippen LogP contribution in [0.3, 0.4) is 0 Å². The molecule has 0 aliphatic carbocycles. The van der Waals surface area contributed by atoms with Crippen LogP contribution >= 0.6 is 0 Å². The number of hydrogen-bond acceptors (Lipinski definition) is 1. The van der Waals surface area contributed by atoms with Crippen molar-refractivity contribution in [2.45, 2.75) is 0 Å². The number of anilines is 3. The number of rotatable bonds is 3. The molecular weight excluding hydrogens is 302 g/mol.